The molecule has 0 bridgehead atoms. The summed E-state index contributed by atoms with van der Waals surface area (Å²) in [4.78, 5) is 0. The van der Waals surface area contributed by atoms with Crippen LogP contribution in [0.4, 0.5) is 0 Å². The molecule has 1 saturated heterocycles. The van der Waals surface area contributed by atoms with E-state index >= 15 is 0 Å². The maximum absolute atomic E-state index is 11.9. The molecular weight excluding hydrogens is 200 g/mol. The molecular formula is C9H20N2O2S. The average Bonchev–Trinajstić information content (AvgIpc) is 2.02. The quantitative estimate of drug-likeness (QED) is 0.749. The Kier molecular flexibility index (Phi) is 3.55. The van der Waals surface area contributed by atoms with Crippen LogP contribution >= 0.6 is 0 Å². The first kappa shape index (κ1) is 11.9. The van der Waals surface area contributed by atoms with Crippen molar-refractivity contribution in [3.63, 3.8) is 0 Å². The molecule has 14 heavy (non-hydrogen) atoms. The summed E-state index contributed by atoms with van der Waals surface area (Å²) >= 11 is 0. The Hall–Kier alpha value is -0.130. The zero-order valence-electron chi connectivity index (χ0n) is 9.21. The van der Waals surface area contributed by atoms with E-state index in [9.17, 15) is 8.42 Å². The van der Waals surface area contributed by atoms with Gasteiger partial charge in [-0.05, 0) is 20.3 Å². The highest BCUT2D eigenvalue weighted by atomic mass is 32.2. The standard InChI is InChI=1S/C9H20N2O2S/c1-4-7-14(12,13)11-6-5-10-8-9(11,2)3/h10H,4-8H2,1-3H3. The zero-order valence-corrected chi connectivity index (χ0v) is 10.0. The number of sulfonamides is 1. The van der Waals surface area contributed by atoms with E-state index in [0.717, 1.165) is 13.1 Å². The average molecular weight is 220 g/mol. The van der Waals surface area contributed by atoms with Crippen LogP contribution in [-0.2, 0) is 10.0 Å². The molecule has 0 spiro atoms. The SMILES string of the molecule is CCCS(=O)(=O)N1CCNCC1(C)C. The van der Waals surface area contributed by atoms with Crippen molar-refractivity contribution in [3.8, 4) is 0 Å². The summed E-state index contributed by atoms with van der Waals surface area (Å²) in [6, 6.07) is 0. The van der Waals surface area contributed by atoms with E-state index in [0.29, 0.717) is 13.0 Å². The Bertz CT molecular complexity index is 285. The minimum atomic E-state index is -3.05. The number of nitrogens with zero attached hydrogens (tertiary/aromatic N) is 1. The van der Waals surface area contributed by atoms with Crippen molar-refractivity contribution in [3.05, 3.63) is 0 Å². The van der Waals surface area contributed by atoms with Gasteiger partial charge in [0.15, 0.2) is 0 Å². The summed E-state index contributed by atoms with van der Waals surface area (Å²) < 4.78 is 25.4. The zero-order chi connectivity index (χ0) is 10.8. The Labute approximate surface area is 86.7 Å². The van der Waals surface area contributed by atoms with Crippen molar-refractivity contribution in [1.29, 1.82) is 0 Å². The second kappa shape index (κ2) is 4.16. The molecule has 1 fully saturated rings. The van der Waals surface area contributed by atoms with Gasteiger partial charge in [-0.2, -0.15) is 4.31 Å². The fourth-order valence-corrected chi connectivity index (χ4v) is 3.77. The number of piperazine rings is 1. The van der Waals surface area contributed by atoms with Crippen LogP contribution in [0.2, 0.25) is 0 Å². The molecule has 0 aromatic rings. The van der Waals surface area contributed by atoms with Gasteiger partial charge in [0, 0.05) is 25.2 Å². The van der Waals surface area contributed by atoms with Gasteiger partial charge in [0.1, 0.15) is 0 Å². The van der Waals surface area contributed by atoms with Crippen molar-refractivity contribution in [1.82, 2.24) is 9.62 Å². The van der Waals surface area contributed by atoms with E-state index in [1.54, 1.807) is 4.31 Å². The number of rotatable bonds is 3. The van der Waals surface area contributed by atoms with Crippen LogP contribution in [0.25, 0.3) is 0 Å². The highest BCUT2D eigenvalue weighted by molar-refractivity contribution is 7.89. The molecule has 0 saturated carbocycles. The highest BCUT2D eigenvalue weighted by Crippen LogP contribution is 2.20. The Balaban J connectivity index is 2.84. The topological polar surface area (TPSA) is 49.4 Å². The van der Waals surface area contributed by atoms with Crippen LogP contribution in [-0.4, -0.2) is 43.6 Å². The molecule has 5 heteroatoms. The van der Waals surface area contributed by atoms with Gasteiger partial charge in [-0.25, -0.2) is 8.42 Å². The summed E-state index contributed by atoms with van der Waals surface area (Å²) in [5.41, 5.74) is -0.285. The molecule has 4 nitrogen and oxygen atoms in total. The van der Waals surface area contributed by atoms with Crippen molar-refractivity contribution in [2.24, 2.45) is 0 Å². The Morgan fingerprint density at radius 1 is 1.43 bits per heavy atom. The van der Waals surface area contributed by atoms with Crippen molar-refractivity contribution in [2.45, 2.75) is 32.7 Å². The van der Waals surface area contributed by atoms with Gasteiger partial charge in [-0.15, -0.1) is 0 Å². The summed E-state index contributed by atoms with van der Waals surface area (Å²) in [5.74, 6) is 0.260. The minimum absolute atomic E-state index is 0.260. The van der Waals surface area contributed by atoms with Crippen LogP contribution in [0.5, 0.6) is 0 Å². The van der Waals surface area contributed by atoms with Gasteiger partial charge in [0.05, 0.1) is 5.75 Å². The van der Waals surface area contributed by atoms with Crippen LogP contribution < -0.4 is 5.32 Å². The van der Waals surface area contributed by atoms with Gasteiger partial charge in [-0.1, -0.05) is 6.92 Å². The fourth-order valence-electron chi connectivity index (χ4n) is 1.85. The lowest BCUT2D eigenvalue weighted by atomic mass is 10.0. The number of hydrogen-bond acceptors (Lipinski definition) is 3. The Morgan fingerprint density at radius 3 is 2.57 bits per heavy atom. The summed E-state index contributed by atoms with van der Waals surface area (Å²) in [5, 5.41) is 3.21. The van der Waals surface area contributed by atoms with Crippen molar-refractivity contribution in [2.75, 3.05) is 25.4 Å². The van der Waals surface area contributed by atoms with Crippen LogP contribution in [0.3, 0.4) is 0 Å². The molecule has 0 amide bonds. The van der Waals surface area contributed by atoms with Gasteiger partial charge >= 0.3 is 0 Å². The van der Waals surface area contributed by atoms with Gasteiger partial charge in [0.2, 0.25) is 10.0 Å². The predicted molar refractivity (Wildman–Crippen MR) is 57.7 cm³/mol. The molecule has 0 aromatic heterocycles. The smallest absolute Gasteiger partial charge is 0.214 e. The molecule has 1 aliphatic heterocycles. The lowest BCUT2D eigenvalue weighted by Crippen LogP contribution is -2.60. The summed E-state index contributed by atoms with van der Waals surface area (Å²) in [6.07, 6.45) is 0.683. The Morgan fingerprint density at radius 2 is 2.07 bits per heavy atom. The highest BCUT2D eigenvalue weighted by Gasteiger charge is 2.37. The van der Waals surface area contributed by atoms with Gasteiger partial charge < -0.3 is 5.32 Å². The van der Waals surface area contributed by atoms with Crippen molar-refractivity contribution < 1.29 is 8.42 Å². The van der Waals surface area contributed by atoms with Gasteiger partial charge in [0.25, 0.3) is 0 Å². The maximum Gasteiger partial charge on any atom is 0.214 e. The van der Waals surface area contributed by atoms with E-state index in [1.807, 2.05) is 20.8 Å². The third-order valence-electron chi connectivity index (χ3n) is 2.52. The van der Waals surface area contributed by atoms with E-state index in [1.165, 1.54) is 0 Å². The van der Waals surface area contributed by atoms with E-state index < -0.39 is 10.0 Å². The van der Waals surface area contributed by atoms with Gasteiger partial charge in [-0.3, -0.25) is 0 Å². The fraction of sp³-hybridized carbons (Fsp3) is 1.00. The first-order valence-corrected chi connectivity index (χ1v) is 6.72. The molecule has 84 valence electrons. The third kappa shape index (κ3) is 2.46. The third-order valence-corrected chi connectivity index (χ3v) is 4.79. The lowest BCUT2D eigenvalue weighted by Gasteiger charge is -2.41. The maximum atomic E-state index is 11.9. The molecule has 1 heterocycles. The predicted octanol–water partition coefficient (Wildman–Crippen LogP) is 0.410. The molecule has 0 radical (unpaired) electrons. The molecule has 1 N–H and O–H groups in total. The molecule has 0 unspecified atom stereocenters. The number of nitrogens with one attached hydrogen (secondary N) is 1. The first-order chi connectivity index (χ1) is 6.40. The normalized spacial score (nSPS) is 23.6. The first-order valence-electron chi connectivity index (χ1n) is 5.11. The molecule has 0 atom stereocenters. The van der Waals surface area contributed by atoms with Crippen LogP contribution in [0.15, 0.2) is 0 Å². The van der Waals surface area contributed by atoms with Crippen LogP contribution in [0.1, 0.15) is 27.2 Å². The molecule has 1 aliphatic rings. The monoisotopic (exact) mass is 220 g/mol. The second-order valence-corrected chi connectivity index (χ2v) is 6.39. The molecule has 1 rings (SSSR count). The van der Waals surface area contributed by atoms with E-state index in [2.05, 4.69) is 5.32 Å². The largest absolute Gasteiger partial charge is 0.314 e. The lowest BCUT2D eigenvalue weighted by molar-refractivity contribution is 0.186. The summed E-state index contributed by atoms with van der Waals surface area (Å²) in [7, 11) is -3.05. The number of hydrogen-bond donors (Lipinski definition) is 1. The van der Waals surface area contributed by atoms with Crippen LogP contribution in [0, 0.1) is 0 Å². The minimum Gasteiger partial charge on any atom is -0.314 e. The molecule has 0 aliphatic carbocycles. The van der Waals surface area contributed by atoms with E-state index in [-0.39, 0.29) is 11.3 Å². The summed E-state index contributed by atoms with van der Waals surface area (Å²) in [6.45, 7) is 7.91. The second-order valence-electron chi connectivity index (χ2n) is 4.38. The van der Waals surface area contributed by atoms with Crippen molar-refractivity contribution >= 4 is 10.0 Å². The van der Waals surface area contributed by atoms with E-state index in [4.69, 9.17) is 0 Å². The molecule has 0 aromatic carbocycles.